The maximum absolute atomic E-state index is 4.90. The highest BCUT2D eigenvalue weighted by Gasteiger charge is 2.23. The molecule has 0 saturated heterocycles. The number of hydrogen-bond acceptors (Lipinski definition) is 1. The molecular weight excluding hydrogens is 382 g/mol. The molecule has 144 valence electrons. The van der Waals surface area contributed by atoms with Crippen LogP contribution in [-0.4, -0.2) is 21.9 Å². The van der Waals surface area contributed by atoms with Crippen molar-refractivity contribution in [1.82, 2.24) is 13.8 Å². The van der Waals surface area contributed by atoms with Gasteiger partial charge in [-0.25, -0.2) is 4.98 Å². The molecule has 0 spiro atoms. The number of pyridine rings is 1. The normalized spacial score (nSPS) is 13.2. The van der Waals surface area contributed by atoms with E-state index in [0.717, 1.165) is 5.65 Å². The van der Waals surface area contributed by atoms with Crippen molar-refractivity contribution in [1.29, 1.82) is 0 Å². The summed E-state index contributed by atoms with van der Waals surface area (Å²) in [6, 6.07) is 24.6. The lowest BCUT2D eigenvalue weighted by Crippen LogP contribution is -2.37. The van der Waals surface area contributed by atoms with Gasteiger partial charge in [0.05, 0.1) is 35.7 Å². The summed E-state index contributed by atoms with van der Waals surface area (Å²) in [7, 11) is -1.43. The Morgan fingerprint density at radius 2 is 1.37 bits per heavy atom. The Morgan fingerprint density at radius 3 is 2.23 bits per heavy atom. The zero-order valence-corrected chi connectivity index (χ0v) is 18.3. The monoisotopic (exact) mass is 403 g/mol. The molecule has 0 atom stereocenters. The van der Waals surface area contributed by atoms with Gasteiger partial charge < -0.3 is 4.40 Å². The molecule has 0 aliphatic heterocycles. The van der Waals surface area contributed by atoms with Gasteiger partial charge in [0.25, 0.3) is 0 Å². The second-order valence-corrected chi connectivity index (χ2v) is 14.5. The molecule has 3 nitrogen and oxygen atoms in total. The molecule has 4 heterocycles. The van der Waals surface area contributed by atoms with Gasteiger partial charge in [0.15, 0.2) is 5.65 Å². The van der Waals surface area contributed by atoms with Crippen LogP contribution in [0.4, 0.5) is 0 Å². The fraction of sp³-hybridized carbons (Fsp3) is 0.115. The first-order valence-corrected chi connectivity index (χ1v) is 14.0. The Hall–Kier alpha value is -3.37. The fourth-order valence-electron chi connectivity index (χ4n) is 5.23. The zero-order valence-electron chi connectivity index (χ0n) is 17.3. The Kier molecular flexibility index (Phi) is 2.85. The van der Waals surface area contributed by atoms with E-state index in [1.165, 1.54) is 54.3 Å². The van der Waals surface area contributed by atoms with E-state index in [2.05, 4.69) is 95.2 Å². The smallest absolute Gasteiger partial charge is 0.162 e. The van der Waals surface area contributed by atoms with Gasteiger partial charge in [0, 0.05) is 27.7 Å². The molecule has 30 heavy (non-hydrogen) atoms. The lowest BCUT2D eigenvalue weighted by atomic mass is 10.1. The summed E-state index contributed by atoms with van der Waals surface area (Å²) in [4.78, 5) is 4.90. The molecular formula is C26H21N3Si. The van der Waals surface area contributed by atoms with Gasteiger partial charge >= 0.3 is 0 Å². The van der Waals surface area contributed by atoms with Gasteiger partial charge in [-0.15, -0.1) is 0 Å². The third-order valence-corrected chi connectivity index (χ3v) is 8.69. The van der Waals surface area contributed by atoms with Crippen LogP contribution in [0.25, 0.3) is 54.8 Å². The van der Waals surface area contributed by atoms with Crippen LogP contribution >= 0.6 is 0 Å². The van der Waals surface area contributed by atoms with Crippen LogP contribution in [0.15, 0.2) is 72.9 Å². The Morgan fingerprint density at radius 1 is 0.633 bits per heavy atom. The second-order valence-electron chi connectivity index (χ2n) is 9.37. The molecule has 0 fully saturated rings. The molecule has 0 aliphatic rings. The van der Waals surface area contributed by atoms with Crippen molar-refractivity contribution in [2.75, 3.05) is 0 Å². The van der Waals surface area contributed by atoms with Gasteiger partial charge in [-0.2, -0.15) is 0 Å². The highest BCUT2D eigenvalue weighted by atomic mass is 28.3. The van der Waals surface area contributed by atoms with Crippen molar-refractivity contribution in [3.63, 3.8) is 0 Å². The molecule has 0 bridgehead atoms. The third kappa shape index (κ3) is 1.83. The lowest BCUT2D eigenvalue weighted by Gasteiger charge is -2.17. The van der Waals surface area contributed by atoms with Crippen LogP contribution in [0, 0.1) is 0 Å². The molecule has 0 N–H and O–H groups in total. The molecule has 7 rings (SSSR count). The Labute approximate surface area is 174 Å². The highest BCUT2D eigenvalue weighted by Crippen LogP contribution is 2.39. The number of aromatic nitrogens is 3. The number of hydrogen-bond donors (Lipinski definition) is 0. The summed E-state index contributed by atoms with van der Waals surface area (Å²) in [5, 5.41) is 6.64. The lowest BCUT2D eigenvalue weighted by molar-refractivity contribution is 1.20. The van der Waals surface area contributed by atoms with Gasteiger partial charge in [-0.1, -0.05) is 67.3 Å². The van der Waals surface area contributed by atoms with E-state index in [0.29, 0.717) is 0 Å². The van der Waals surface area contributed by atoms with Gasteiger partial charge in [0.1, 0.15) is 0 Å². The van der Waals surface area contributed by atoms with Gasteiger partial charge in [0.2, 0.25) is 0 Å². The van der Waals surface area contributed by atoms with Crippen LogP contribution in [0.5, 0.6) is 0 Å². The van der Waals surface area contributed by atoms with Crippen molar-refractivity contribution in [3.05, 3.63) is 72.9 Å². The average Bonchev–Trinajstić information content (AvgIpc) is 3.26. The number of benzene rings is 3. The first-order chi connectivity index (χ1) is 14.5. The van der Waals surface area contributed by atoms with E-state index in [9.17, 15) is 0 Å². The molecule has 7 aromatic rings. The summed E-state index contributed by atoms with van der Waals surface area (Å²) < 4.78 is 4.82. The van der Waals surface area contributed by atoms with Crippen molar-refractivity contribution in [2.45, 2.75) is 19.6 Å². The molecule has 0 amide bonds. The van der Waals surface area contributed by atoms with Crippen molar-refractivity contribution in [3.8, 4) is 0 Å². The minimum Gasteiger partial charge on any atom is -0.304 e. The third-order valence-electron chi connectivity index (χ3n) is 6.65. The zero-order chi connectivity index (χ0) is 20.2. The predicted octanol–water partition coefficient (Wildman–Crippen LogP) is 6.18. The molecule has 0 radical (unpaired) electrons. The average molecular weight is 404 g/mol. The van der Waals surface area contributed by atoms with Crippen molar-refractivity contribution < 1.29 is 0 Å². The SMILES string of the molecule is C[Si](C)(C)c1ccc2c3ccnc4c3n(c2c1)c1cccc2c3ccccc3n4c21. The van der Waals surface area contributed by atoms with E-state index < -0.39 is 8.07 Å². The fourth-order valence-corrected chi connectivity index (χ4v) is 6.38. The number of nitrogens with zero attached hydrogens (tertiary/aromatic N) is 3. The minimum atomic E-state index is -1.43. The maximum Gasteiger partial charge on any atom is 0.162 e. The van der Waals surface area contributed by atoms with E-state index in [1.807, 2.05) is 6.20 Å². The molecule has 0 aliphatic carbocycles. The van der Waals surface area contributed by atoms with E-state index in [1.54, 1.807) is 0 Å². The van der Waals surface area contributed by atoms with Crippen LogP contribution in [0.2, 0.25) is 19.6 Å². The quantitative estimate of drug-likeness (QED) is 0.237. The summed E-state index contributed by atoms with van der Waals surface area (Å²) in [6.45, 7) is 7.25. The van der Waals surface area contributed by atoms with Gasteiger partial charge in [-0.05, 0) is 24.3 Å². The topological polar surface area (TPSA) is 21.7 Å². The van der Waals surface area contributed by atoms with E-state index >= 15 is 0 Å². The summed E-state index contributed by atoms with van der Waals surface area (Å²) in [6.07, 6.45) is 1.96. The summed E-state index contributed by atoms with van der Waals surface area (Å²) in [5.41, 5.74) is 7.26. The van der Waals surface area contributed by atoms with Crippen LogP contribution in [0.3, 0.4) is 0 Å². The Bertz CT molecular complexity index is 1780. The molecule has 3 aromatic carbocycles. The summed E-state index contributed by atoms with van der Waals surface area (Å²) >= 11 is 0. The largest absolute Gasteiger partial charge is 0.304 e. The standard InChI is InChI=1S/C26H21N3Si/c1-30(2,3)16-11-12-18-20-13-14-27-26-25(20)28(23(18)15-16)22-10-6-8-19-17-7-4-5-9-21(17)29(26)24(19)22/h4-15H,1-3H3. The first kappa shape index (κ1) is 16.4. The number of para-hydroxylation sites is 2. The van der Waals surface area contributed by atoms with Crippen LogP contribution in [-0.2, 0) is 0 Å². The highest BCUT2D eigenvalue weighted by molar-refractivity contribution is 6.88. The summed E-state index contributed by atoms with van der Waals surface area (Å²) in [5.74, 6) is 0. The van der Waals surface area contributed by atoms with Gasteiger partial charge in [-0.3, -0.25) is 4.40 Å². The number of fused-ring (bicyclic) bond motifs is 8. The predicted molar refractivity (Wildman–Crippen MR) is 130 cm³/mol. The minimum absolute atomic E-state index is 1.03. The van der Waals surface area contributed by atoms with Crippen LogP contribution in [0.1, 0.15) is 0 Å². The van der Waals surface area contributed by atoms with E-state index in [4.69, 9.17) is 4.98 Å². The number of rotatable bonds is 1. The molecule has 0 saturated carbocycles. The van der Waals surface area contributed by atoms with Crippen molar-refractivity contribution >= 4 is 68.0 Å². The second kappa shape index (κ2) is 5.21. The molecule has 0 unspecified atom stereocenters. The molecule has 4 heteroatoms. The Balaban J connectivity index is 1.87. The maximum atomic E-state index is 4.90. The molecule has 4 aromatic heterocycles. The first-order valence-electron chi connectivity index (χ1n) is 10.5. The van der Waals surface area contributed by atoms with Crippen LogP contribution < -0.4 is 5.19 Å². The van der Waals surface area contributed by atoms with E-state index in [-0.39, 0.29) is 0 Å². The van der Waals surface area contributed by atoms with Crippen molar-refractivity contribution in [2.24, 2.45) is 0 Å².